The van der Waals surface area contributed by atoms with Gasteiger partial charge in [0.2, 0.25) is 0 Å². The number of benzene rings is 1. The molecule has 1 N–H and O–H groups in total. The highest BCUT2D eigenvalue weighted by molar-refractivity contribution is 8.38. The Bertz CT molecular complexity index is 278. The van der Waals surface area contributed by atoms with Crippen LogP contribution < -0.4 is 0 Å². The van der Waals surface area contributed by atoms with Crippen LogP contribution in [0.2, 0.25) is 0 Å². The third-order valence-corrected chi connectivity index (χ3v) is 5.39. The van der Waals surface area contributed by atoms with Gasteiger partial charge in [-0.15, -0.1) is 11.8 Å². The second kappa shape index (κ2) is 4.29. The summed E-state index contributed by atoms with van der Waals surface area (Å²) < 4.78 is 0. The van der Waals surface area contributed by atoms with Crippen molar-refractivity contribution >= 4 is 21.8 Å². The summed E-state index contributed by atoms with van der Waals surface area (Å²) in [5, 5.41) is 10.6. The minimum Gasteiger partial charge on any atom is -0.507 e. The van der Waals surface area contributed by atoms with Gasteiger partial charge in [-0.2, -0.15) is 0 Å². The van der Waals surface area contributed by atoms with E-state index in [-0.39, 0.29) is 0 Å². The van der Waals surface area contributed by atoms with Crippen LogP contribution in [0.5, 0.6) is 5.75 Å². The molecular formula is C10H16OS2. The molecule has 1 nitrogen and oxygen atoms in total. The second-order valence-corrected chi connectivity index (χ2v) is 9.67. The zero-order chi connectivity index (χ0) is 9.90. The molecule has 13 heavy (non-hydrogen) atoms. The van der Waals surface area contributed by atoms with E-state index in [4.69, 9.17) is 0 Å². The molecule has 0 radical (unpaired) electrons. The maximum Gasteiger partial charge on any atom is 0.129 e. The SMILES string of the molecule is CS(C)(C)CSc1ccccc1O. The van der Waals surface area contributed by atoms with Crippen LogP contribution >= 0.6 is 21.8 Å². The van der Waals surface area contributed by atoms with E-state index in [1.54, 1.807) is 17.8 Å². The molecule has 0 unspecified atom stereocenters. The normalized spacial score (nSPS) is 12.8. The zero-order valence-electron chi connectivity index (χ0n) is 8.28. The number of thioether (sulfide) groups is 1. The number of phenols is 1. The Kier molecular flexibility index (Phi) is 3.56. The highest BCUT2D eigenvalue weighted by Crippen LogP contribution is 2.42. The number of hydrogen-bond acceptors (Lipinski definition) is 2. The molecule has 0 fully saturated rings. The fraction of sp³-hybridized carbons (Fsp3) is 0.400. The van der Waals surface area contributed by atoms with E-state index in [2.05, 4.69) is 18.8 Å². The monoisotopic (exact) mass is 216 g/mol. The van der Waals surface area contributed by atoms with E-state index in [9.17, 15) is 5.11 Å². The van der Waals surface area contributed by atoms with E-state index in [0.29, 0.717) is 5.75 Å². The summed E-state index contributed by atoms with van der Waals surface area (Å²) in [4.78, 5) is 0.991. The van der Waals surface area contributed by atoms with Gasteiger partial charge in [0.1, 0.15) is 5.75 Å². The number of rotatable bonds is 3. The smallest absolute Gasteiger partial charge is 0.129 e. The van der Waals surface area contributed by atoms with Gasteiger partial charge < -0.3 is 5.11 Å². The van der Waals surface area contributed by atoms with Crippen LogP contribution in [0.3, 0.4) is 0 Å². The number of para-hydroxylation sites is 1. The van der Waals surface area contributed by atoms with Crippen LogP contribution in [-0.2, 0) is 0 Å². The summed E-state index contributed by atoms with van der Waals surface area (Å²) >= 11 is 1.74. The van der Waals surface area contributed by atoms with Crippen molar-refractivity contribution in [2.45, 2.75) is 4.90 Å². The molecule has 0 atom stereocenters. The highest BCUT2D eigenvalue weighted by atomic mass is 32.3. The predicted molar refractivity (Wildman–Crippen MR) is 64.2 cm³/mol. The van der Waals surface area contributed by atoms with Gasteiger partial charge in [0.25, 0.3) is 0 Å². The first kappa shape index (κ1) is 10.8. The Labute approximate surface area is 85.9 Å². The molecular weight excluding hydrogens is 200 g/mol. The molecule has 0 aliphatic rings. The van der Waals surface area contributed by atoms with Gasteiger partial charge >= 0.3 is 0 Å². The summed E-state index contributed by atoms with van der Waals surface area (Å²) in [5.74, 6) is 0.399. The van der Waals surface area contributed by atoms with E-state index < -0.39 is 10.0 Å². The first-order chi connectivity index (χ1) is 5.99. The molecule has 0 amide bonds. The van der Waals surface area contributed by atoms with E-state index in [1.807, 2.05) is 18.2 Å². The number of hydrogen-bond donors (Lipinski definition) is 1. The van der Waals surface area contributed by atoms with Gasteiger partial charge in [-0.3, -0.25) is 0 Å². The number of phenolic OH excluding ortho intramolecular Hbond substituents is 1. The Hall–Kier alpha value is -0.280. The van der Waals surface area contributed by atoms with Crippen LogP contribution in [0, 0.1) is 0 Å². The van der Waals surface area contributed by atoms with Crippen molar-refractivity contribution in [3.05, 3.63) is 24.3 Å². The van der Waals surface area contributed by atoms with Crippen molar-refractivity contribution in [2.75, 3.05) is 23.9 Å². The standard InChI is InChI=1S/C10H16OS2/c1-13(2,3)8-12-10-7-5-4-6-9(10)11/h4-7,11H,8H2,1-3H3. The van der Waals surface area contributed by atoms with Gasteiger partial charge in [0.15, 0.2) is 0 Å². The van der Waals surface area contributed by atoms with Crippen molar-refractivity contribution < 1.29 is 5.11 Å². The van der Waals surface area contributed by atoms with Crippen LogP contribution in [-0.4, -0.2) is 29.0 Å². The molecule has 1 aromatic rings. The molecule has 0 heterocycles. The molecule has 3 heteroatoms. The Morgan fingerprint density at radius 2 is 1.85 bits per heavy atom. The summed E-state index contributed by atoms with van der Waals surface area (Å²) in [7, 11) is -0.487. The van der Waals surface area contributed by atoms with Crippen molar-refractivity contribution in [3.63, 3.8) is 0 Å². The fourth-order valence-electron chi connectivity index (χ4n) is 0.819. The van der Waals surface area contributed by atoms with Crippen molar-refractivity contribution in [3.8, 4) is 5.75 Å². The maximum absolute atomic E-state index is 9.50. The molecule has 0 aromatic heterocycles. The molecule has 1 aromatic carbocycles. The Morgan fingerprint density at radius 3 is 2.38 bits per heavy atom. The van der Waals surface area contributed by atoms with Crippen molar-refractivity contribution in [1.29, 1.82) is 0 Å². The lowest BCUT2D eigenvalue weighted by molar-refractivity contribution is 0.462. The Morgan fingerprint density at radius 1 is 1.23 bits per heavy atom. The largest absolute Gasteiger partial charge is 0.507 e. The van der Waals surface area contributed by atoms with Gasteiger partial charge in [-0.05, 0) is 30.9 Å². The molecule has 1 rings (SSSR count). The molecule has 0 saturated carbocycles. The lowest BCUT2D eigenvalue weighted by Crippen LogP contribution is -1.93. The lowest BCUT2D eigenvalue weighted by Gasteiger charge is -2.24. The van der Waals surface area contributed by atoms with E-state index in [0.717, 1.165) is 9.98 Å². The molecule has 0 aliphatic heterocycles. The molecule has 0 spiro atoms. The van der Waals surface area contributed by atoms with Gasteiger partial charge in [0, 0.05) is 9.98 Å². The molecule has 0 aliphatic carbocycles. The molecule has 74 valence electrons. The van der Waals surface area contributed by atoms with Gasteiger partial charge in [0.05, 0.1) is 0 Å². The van der Waals surface area contributed by atoms with E-state index >= 15 is 0 Å². The third kappa shape index (κ3) is 3.96. The predicted octanol–water partition coefficient (Wildman–Crippen LogP) is 3.14. The summed E-state index contributed by atoms with van der Waals surface area (Å²) in [5.41, 5.74) is 0. The molecule has 0 saturated heterocycles. The van der Waals surface area contributed by atoms with Gasteiger partial charge in [-0.1, -0.05) is 12.1 Å². The van der Waals surface area contributed by atoms with Gasteiger partial charge in [-0.25, -0.2) is 10.0 Å². The summed E-state index contributed by atoms with van der Waals surface area (Å²) in [6.07, 6.45) is 6.83. The first-order valence-electron chi connectivity index (χ1n) is 4.06. The topological polar surface area (TPSA) is 20.2 Å². The summed E-state index contributed by atoms with van der Waals surface area (Å²) in [6.45, 7) is 0. The van der Waals surface area contributed by atoms with E-state index in [1.165, 1.54) is 0 Å². The van der Waals surface area contributed by atoms with Crippen LogP contribution in [0.25, 0.3) is 0 Å². The van der Waals surface area contributed by atoms with Crippen LogP contribution in [0.15, 0.2) is 29.2 Å². The number of aromatic hydroxyl groups is 1. The first-order valence-corrected chi connectivity index (χ1v) is 8.07. The van der Waals surface area contributed by atoms with Crippen LogP contribution in [0.1, 0.15) is 0 Å². The average molecular weight is 216 g/mol. The van der Waals surface area contributed by atoms with Crippen molar-refractivity contribution in [2.24, 2.45) is 0 Å². The maximum atomic E-state index is 9.50. The minimum absolute atomic E-state index is 0.399. The zero-order valence-corrected chi connectivity index (χ0v) is 9.91. The lowest BCUT2D eigenvalue weighted by atomic mass is 10.3. The third-order valence-electron chi connectivity index (χ3n) is 1.43. The highest BCUT2D eigenvalue weighted by Gasteiger charge is 2.06. The molecule has 0 bridgehead atoms. The summed E-state index contributed by atoms with van der Waals surface area (Å²) in [6, 6.07) is 7.51. The van der Waals surface area contributed by atoms with Crippen molar-refractivity contribution in [1.82, 2.24) is 0 Å². The fourth-order valence-corrected chi connectivity index (χ4v) is 3.13. The quantitative estimate of drug-likeness (QED) is 0.783. The Balaban J connectivity index is 2.60. The van der Waals surface area contributed by atoms with Crippen LogP contribution in [0.4, 0.5) is 0 Å². The second-order valence-electron chi connectivity index (χ2n) is 3.82. The average Bonchev–Trinajstić information content (AvgIpc) is 2.01. The minimum atomic E-state index is -0.487.